The van der Waals surface area contributed by atoms with E-state index >= 15 is 0 Å². The van der Waals surface area contributed by atoms with Gasteiger partial charge in [-0.2, -0.15) is 5.26 Å². The van der Waals surface area contributed by atoms with Crippen LogP contribution in [0.25, 0.3) is 0 Å². The first kappa shape index (κ1) is 14.4. The van der Waals surface area contributed by atoms with E-state index in [-0.39, 0.29) is 0 Å². The average Bonchev–Trinajstić information content (AvgIpc) is 2.92. The molecule has 0 aliphatic heterocycles. The second kappa shape index (κ2) is 6.92. The predicted octanol–water partition coefficient (Wildman–Crippen LogP) is 3.72. The van der Waals surface area contributed by atoms with Crippen molar-refractivity contribution in [3.63, 3.8) is 0 Å². The Morgan fingerprint density at radius 1 is 1.45 bits per heavy atom. The number of nitrogens with one attached hydrogen (secondary N) is 1. The number of hydrogen-bond acceptors (Lipinski definition) is 5. The molecule has 0 saturated carbocycles. The second-order valence-corrected chi connectivity index (χ2v) is 5.55. The highest BCUT2D eigenvalue weighted by Gasteiger charge is 2.05. The average molecular weight is 287 g/mol. The van der Waals surface area contributed by atoms with Crippen LogP contribution in [0, 0.1) is 18.3 Å². The van der Waals surface area contributed by atoms with Gasteiger partial charge < -0.3 is 10.1 Å². The van der Waals surface area contributed by atoms with E-state index in [2.05, 4.69) is 23.3 Å². The number of nitriles is 1. The fourth-order valence-corrected chi connectivity index (χ4v) is 2.41. The van der Waals surface area contributed by atoms with Gasteiger partial charge in [0.25, 0.3) is 0 Å². The lowest BCUT2D eigenvalue weighted by Crippen LogP contribution is -1.98. The fourth-order valence-electron chi connectivity index (χ4n) is 1.66. The number of rotatable bonds is 6. The summed E-state index contributed by atoms with van der Waals surface area (Å²) in [6.07, 6.45) is 2.90. The molecule has 0 unspecified atom stereocenters. The Balaban J connectivity index is 1.98. The molecule has 4 nitrogen and oxygen atoms in total. The molecule has 0 bridgehead atoms. The molecule has 20 heavy (non-hydrogen) atoms. The van der Waals surface area contributed by atoms with Crippen molar-refractivity contribution in [1.29, 1.82) is 5.26 Å². The van der Waals surface area contributed by atoms with Crippen molar-refractivity contribution < 1.29 is 4.74 Å². The largest absolute Gasteiger partial charge is 0.488 e. The molecule has 0 fully saturated rings. The maximum atomic E-state index is 8.90. The third-order valence-corrected chi connectivity index (χ3v) is 3.70. The van der Waals surface area contributed by atoms with Crippen LogP contribution in [0.2, 0.25) is 0 Å². The first-order chi connectivity index (χ1) is 9.72. The minimum atomic E-state index is 0.473. The number of ether oxygens (including phenoxy) is 1. The Labute approximate surface area is 123 Å². The quantitative estimate of drug-likeness (QED) is 0.879. The van der Waals surface area contributed by atoms with Crippen LogP contribution in [0.4, 0.5) is 5.13 Å². The van der Waals surface area contributed by atoms with E-state index in [1.807, 2.05) is 19.2 Å². The molecule has 1 heterocycles. The summed E-state index contributed by atoms with van der Waals surface area (Å²) >= 11 is 1.60. The zero-order valence-electron chi connectivity index (χ0n) is 11.6. The van der Waals surface area contributed by atoms with Crippen molar-refractivity contribution >= 4 is 16.5 Å². The van der Waals surface area contributed by atoms with Gasteiger partial charge in [-0.25, -0.2) is 4.98 Å². The number of aromatic nitrogens is 1. The maximum Gasteiger partial charge on any atom is 0.182 e. The van der Waals surface area contributed by atoms with E-state index in [0.29, 0.717) is 12.2 Å². The number of anilines is 1. The summed E-state index contributed by atoms with van der Waals surface area (Å²) in [5.41, 5.74) is 1.64. The van der Waals surface area contributed by atoms with Gasteiger partial charge in [-0.1, -0.05) is 24.3 Å². The molecule has 0 aliphatic rings. The van der Waals surface area contributed by atoms with Gasteiger partial charge in [0.15, 0.2) is 5.13 Å². The van der Waals surface area contributed by atoms with Gasteiger partial charge >= 0.3 is 0 Å². The number of hydrogen-bond donors (Lipinski definition) is 1. The molecule has 0 atom stereocenters. The topological polar surface area (TPSA) is 57.9 Å². The Hall–Kier alpha value is -2.06. The monoisotopic (exact) mass is 287 g/mol. The van der Waals surface area contributed by atoms with Gasteiger partial charge in [0.1, 0.15) is 12.4 Å². The van der Waals surface area contributed by atoms with Gasteiger partial charge in [-0.3, -0.25) is 0 Å². The second-order valence-electron chi connectivity index (χ2n) is 4.44. The lowest BCUT2D eigenvalue weighted by molar-refractivity contribution is 0.307. The summed E-state index contributed by atoms with van der Waals surface area (Å²) in [6, 6.07) is 7.58. The SMILES string of the molecule is CCCNc1ncc(COc2cc(C#N)ccc2C)s1. The Morgan fingerprint density at radius 3 is 3.05 bits per heavy atom. The highest BCUT2D eigenvalue weighted by atomic mass is 32.1. The molecular formula is C15H17N3OS. The first-order valence-electron chi connectivity index (χ1n) is 6.55. The van der Waals surface area contributed by atoms with Gasteiger partial charge in [0.05, 0.1) is 16.5 Å². The Morgan fingerprint density at radius 2 is 2.30 bits per heavy atom. The molecule has 0 saturated heterocycles. The number of aryl methyl sites for hydroxylation is 1. The highest BCUT2D eigenvalue weighted by Crippen LogP contribution is 2.23. The number of nitrogens with zero attached hydrogens (tertiary/aromatic N) is 2. The molecule has 0 spiro atoms. The standard InChI is InChI=1S/C15H17N3OS/c1-3-6-17-15-18-9-13(20-15)10-19-14-7-12(8-16)5-4-11(14)2/h4-5,7,9H,3,6,10H2,1-2H3,(H,17,18). The molecule has 104 valence electrons. The third-order valence-electron chi connectivity index (χ3n) is 2.77. The van der Waals surface area contributed by atoms with E-state index in [9.17, 15) is 0 Å². The van der Waals surface area contributed by atoms with E-state index in [1.165, 1.54) is 0 Å². The van der Waals surface area contributed by atoms with Crippen LogP contribution < -0.4 is 10.1 Å². The van der Waals surface area contributed by atoms with Crippen LogP contribution in [0.5, 0.6) is 5.75 Å². The van der Waals surface area contributed by atoms with Crippen LogP contribution in [0.3, 0.4) is 0 Å². The zero-order valence-corrected chi connectivity index (χ0v) is 12.5. The number of thiazole rings is 1. The van der Waals surface area contributed by atoms with Gasteiger partial charge in [0, 0.05) is 12.7 Å². The van der Waals surface area contributed by atoms with E-state index in [0.717, 1.165) is 34.3 Å². The summed E-state index contributed by atoms with van der Waals surface area (Å²) in [5.74, 6) is 0.750. The summed E-state index contributed by atoms with van der Waals surface area (Å²) in [6.45, 7) is 5.49. The van der Waals surface area contributed by atoms with Crippen molar-refractivity contribution in [1.82, 2.24) is 4.98 Å². The molecule has 0 radical (unpaired) electrons. The molecule has 1 aromatic heterocycles. The summed E-state index contributed by atoms with van der Waals surface area (Å²) in [4.78, 5) is 5.36. The summed E-state index contributed by atoms with van der Waals surface area (Å²) in [5, 5.41) is 13.1. The van der Waals surface area contributed by atoms with Crippen LogP contribution >= 0.6 is 11.3 Å². The molecule has 2 aromatic rings. The predicted molar refractivity (Wildman–Crippen MR) is 81.1 cm³/mol. The lowest BCUT2D eigenvalue weighted by Gasteiger charge is -2.07. The van der Waals surface area contributed by atoms with Crippen LogP contribution in [-0.2, 0) is 6.61 Å². The fraction of sp³-hybridized carbons (Fsp3) is 0.333. The van der Waals surface area contributed by atoms with Crippen molar-refractivity contribution in [3.8, 4) is 11.8 Å². The van der Waals surface area contributed by atoms with Crippen molar-refractivity contribution in [3.05, 3.63) is 40.4 Å². The first-order valence-corrected chi connectivity index (χ1v) is 7.36. The smallest absolute Gasteiger partial charge is 0.182 e. The van der Waals surface area contributed by atoms with Crippen LogP contribution in [-0.4, -0.2) is 11.5 Å². The molecule has 1 aromatic carbocycles. The molecular weight excluding hydrogens is 270 g/mol. The van der Waals surface area contributed by atoms with Crippen molar-refractivity contribution in [2.45, 2.75) is 26.9 Å². The van der Waals surface area contributed by atoms with Gasteiger partial charge in [-0.05, 0) is 31.0 Å². The van der Waals surface area contributed by atoms with E-state index in [1.54, 1.807) is 23.5 Å². The van der Waals surface area contributed by atoms with E-state index in [4.69, 9.17) is 10.00 Å². The third kappa shape index (κ3) is 3.72. The number of benzene rings is 1. The summed E-state index contributed by atoms with van der Waals surface area (Å²) in [7, 11) is 0. The lowest BCUT2D eigenvalue weighted by atomic mass is 10.1. The minimum absolute atomic E-state index is 0.473. The molecule has 0 aliphatic carbocycles. The Bertz CT molecular complexity index is 616. The summed E-state index contributed by atoms with van der Waals surface area (Å²) < 4.78 is 5.77. The highest BCUT2D eigenvalue weighted by molar-refractivity contribution is 7.15. The zero-order chi connectivity index (χ0) is 14.4. The Kier molecular flexibility index (Phi) is 4.97. The normalized spacial score (nSPS) is 10.1. The molecule has 5 heteroatoms. The molecule has 1 N–H and O–H groups in total. The maximum absolute atomic E-state index is 8.90. The van der Waals surface area contributed by atoms with Gasteiger partial charge in [-0.15, -0.1) is 0 Å². The minimum Gasteiger partial charge on any atom is -0.488 e. The molecule has 0 amide bonds. The van der Waals surface area contributed by atoms with E-state index < -0.39 is 0 Å². The van der Waals surface area contributed by atoms with Gasteiger partial charge in [0.2, 0.25) is 0 Å². The molecule has 2 rings (SSSR count). The van der Waals surface area contributed by atoms with Crippen molar-refractivity contribution in [2.24, 2.45) is 0 Å². The van der Waals surface area contributed by atoms with Crippen LogP contribution in [0.15, 0.2) is 24.4 Å². The van der Waals surface area contributed by atoms with Crippen LogP contribution in [0.1, 0.15) is 29.3 Å². The van der Waals surface area contributed by atoms with Crippen molar-refractivity contribution in [2.75, 3.05) is 11.9 Å².